The van der Waals surface area contributed by atoms with Gasteiger partial charge in [0.25, 0.3) is 5.91 Å². The first-order valence-electron chi connectivity index (χ1n) is 11.9. The van der Waals surface area contributed by atoms with Crippen LogP contribution in [0.4, 0.5) is 0 Å². The van der Waals surface area contributed by atoms with E-state index in [1.807, 2.05) is 62.5 Å². The van der Waals surface area contributed by atoms with E-state index in [2.05, 4.69) is 25.3 Å². The molecule has 7 heteroatoms. The molecule has 1 unspecified atom stereocenters. The number of fused-ring (bicyclic) bond motifs is 2. The summed E-state index contributed by atoms with van der Waals surface area (Å²) < 4.78 is 0. The summed E-state index contributed by atoms with van der Waals surface area (Å²) in [5.41, 5.74) is 3.53. The highest BCUT2D eigenvalue weighted by atomic mass is 16.2. The molecule has 0 saturated heterocycles. The van der Waals surface area contributed by atoms with Crippen LogP contribution in [0.5, 0.6) is 0 Å². The molecule has 1 amide bonds. The minimum absolute atomic E-state index is 0.0116. The molecule has 2 atom stereocenters. The minimum atomic E-state index is -0.564. The molecular weight excluding hydrogens is 438 g/mol. The second kappa shape index (κ2) is 9.62. The molecule has 4 aromatic rings. The third-order valence-corrected chi connectivity index (χ3v) is 6.56. The zero-order valence-electron chi connectivity index (χ0n) is 19.8. The van der Waals surface area contributed by atoms with Crippen molar-refractivity contribution >= 4 is 39.2 Å². The molecule has 7 nitrogen and oxygen atoms in total. The van der Waals surface area contributed by atoms with Gasteiger partial charge in [0.05, 0.1) is 17.1 Å². The van der Waals surface area contributed by atoms with E-state index in [4.69, 9.17) is 0 Å². The number of rotatable bonds is 8. The molecule has 3 heterocycles. The van der Waals surface area contributed by atoms with Crippen molar-refractivity contribution in [3.8, 4) is 11.5 Å². The molecular formula is C28H27N5O2. The second-order valence-corrected chi connectivity index (χ2v) is 9.00. The molecule has 35 heavy (non-hydrogen) atoms. The highest BCUT2D eigenvalue weighted by molar-refractivity contribution is 6.07. The maximum absolute atomic E-state index is 13.1. The highest BCUT2D eigenvalue weighted by Crippen LogP contribution is 2.23. The lowest BCUT2D eigenvalue weighted by Gasteiger charge is -2.23. The summed E-state index contributed by atoms with van der Waals surface area (Å²) >= 11 is 0. The first-order chi connectivity index (χ1) is 17.0. The summed E-state index contributed by atoms with van der Waals surface area (Å²) in [5, 5.41) is 5.12. The second-order valence-electron chi connectivity index (χ2n) is 9.00. The summed E-state index contributed by atoms with van der Waals surface area (Å²) in [5.74, 6) is 0.365. The third kappa shape index (κ3) is 4.75. The van der Waals surface area contributed by atoms with Crippen molar-refractivity contribution in [1.82, 2.24) is 20.3 Å². The van der Waals surface area contributed by atoms with Gasteiger partial charge in [0.15, 0.2) is 11.6 Å². The number of benzene rings is 2. The molecule has 0 radical (unpaired) electrons. The van der Waals surface area contributed by atoms with Crippen LogP contribution in [0.15, 0.2) is 72.0 Å². The first kappa shape index (κ1) is 22.7. The Balaban J connectivity index is 1.37. The molecule has 0 saturated carbocycles. The number of ketones is 1. The fraction of sp³-hybridized carbons (Fsp3) is 0.250. The SMILES string of the molecule is CCC(C)[C@H](NC(=O)c1ccc2nc(-c3cc4ccccc4cn3)[nH]c2c1)C(=O)CC1=NC=CC1. The largest absolute Gasteiger partial charge is 0.342 e. The molecule has 5 rings (SSSR count). The number of imidazole rings is 1. The van der Waals surface area contributed by atoms with Crippen LogP contribution in [0.3, 0.4) is 0 Å². The van der Waals surface area contributed by atoms with Crippen molar-refractivity contribution < 1.29 is 9.59 Å². The van der Waals surface area contributed by atoms with Crippen LogP contribution in [0.2, 0.25) is 0 Å². The molecule has 0 aliphatic carbocycles. The maximum atomic E-state index is 13.1. The maximum Gasteiger partial charge on any atom is 0.251 e. The summed E-state index contributed by atoms with van der Waals surface area (Å²) in [6.07, 6.45) is 7.21. The number of aromatic nitrogens is 3. The predicted octanol–water partition coefficient (Wildman–Crippen LogP) is 5.24. The molecule has 2 N–H and O–H groups in total. The monoisotopic (exact) mass is 465 g/mol. The van der Waals surface area contributed by atoms with E-state index in [1.54, 1.807) is 18.3 Å². The van der Waals surface area contributed by atoms with Crippen LogP contribution in [0, 0.1) is 5.92 Å². The van der Waals surface area contributed by atoms with Crippen LogP contribution in [0.1, 0.15) is 43.5 Å². The fourth-order valence-corrected chi connectivity index (χ4v) is 4.31. The van der Waals surface area contributed by atoms with Gasteiger partial charge in [-0.25, -0.2) is 4.98 Å². The van der Waals surface area contributed by atoms with E-state index in [1.165, 1.54) is 0 Å². The van der Waals surface area contributed by atoms with Gasteiger partial charge in [0, 0.05) is 41.9 Å². The van der Waals surface area contributed by atoms with Gasteiger partial charge in [-0.2, -0.15) is 0 Å². The van der Waals surface area contributed by atoms with Gasteiger partial charge >= 0.3 is 0 Å². The van der Waals surface area contributed by atoms with E-state index in [-0.39, 0.29) is 24.0 Å². The van der Waals surface area contributed by atoms with Gasteiger partial charge in [-0.3, -0.25) is 19.6 Å². The molecule has 1 aliphatic rings. The number of nitrogens with zero attached hydrogens (tertiary/aromatic N) is 3. The lowest BCUT2D eigenvalue weighted by Crippen LogP contribution is -2.45. The molecule has 1 aliphatic heterocycles. The molecule has 0 spiro atoms. The Morgan fingerprint density at radius 3 is 2.71 bits per heavy atom. The van der Waals surface area contributed by atoms with Gasteiger partial charge < -0.3 is 10.3 Å². The highest BCUT2D eigenvalue weighted by Gasteiger charge is 2.27. The van der Waals surface area contributed by atoms with Gasteiger partial charge in [-0.15, -0.1) is 0 Å². The van der Waals surface area contributed by atoms with E-state index in [0.717, 1.165) is 39.6 Å². The third-order valence-electron chi connectivity index (χ3n) is 6.56. The van der Waals surface area contributed by atoms with Crippen LogP contribution < -0.4 is 5.32 Å². The van der Waals surface area contributed by atoms with Crippen molar-refractivity contribution in [3.63, 3.8) is 0 Å². The molecule has 2 aromatic heterocycles. The quantitative estimate of drug-likeness (QED) is 0.372. The Hall–Kier alpha value is -4.13. The molecule has 0 bridgehead atoms. The number of aromatic amines is 1. The Labute approximate surface area is 203 Å². The Bertz CT molecular complexity index is 1480. The van der Waals surface area contributed by atoms with Gasteiger partial charge in [0.1, 0.15) is 5.69 Å². The fourth-order valence-electron chi connectivity index (χ4n) is 4.31. The number of pyridine rings is 1. The average Bonchev–Trinajstić information content (AvgIpc) is 3.55. The van der Waals surface area contributed by atoms with E-state index in [0.29, 0.717) is 17.8 Å². The zero-order chi connectivity index (χ0) is 24.4. The van der Waals surface area contributed by atoms with E-state index in [9.17, 15) is 9.59 Å². The Morgan fingerprint density at radius 2 is 1.94 bits per heavy atom. The lowest BCUT2D eigenvalue weighted by molar-refractivity contribution is -0.120. The standard InChI is InChI=1S/C28H27N5O2/c1-3-17(2)26(25(34)15-21-9-6-12-29-21)33-28(35)19-10-11-22-23(14-19)32-27(31-22)24-13-18-7-4-5-8-20(18)16-30-24/h4-8,10-14,16-17,26H,3,9,15H2,1-2H3,(H,31,32)(H,33,35)/t17?,26-/m0/s1. The van der Waals surface area contributed by atoms with E-state index >= 15 is 0 Å². The first-order valence-corrected chi connectivity index (χ1v) is 11.9. The topological polar surface area (TPSA) is 100 Å². The lowest BCUT2D eigenvalue weighted by atomic mass is 9.92. The summed E-state index contributed by atoms with van der Waals surface area (Å²) in [6, 6.07) is 14.8. The van der Waals surface area contributed by atoms with Crippen molar-refractivity contribution in [3.05, 3.63) is 72.6 Å². The Morgan fingerprint density at radius 1 is 1.11 bits per heavy atom. The predicted molar refractivity (Wildman–Crippen MR) is 138 cm³/mol. The summed E-state index contributed by atoms with van der Waals surface area (Å²) in [7, 11) is 0. The summed E-state index contributed by atoms with van der Waals surface area (Å²) in [4.78, 5) is 42.8. The van der Waals surface area contributed by atoms with Gasteiger partial charge in [0.2, 0.25) is 0 Å². The van der Waals surface area contributed by atoms with Crippen molar-refractivity contribution in [2.24, 2.45) is 10.9 Å². The van der Waals surface area contributed by atoms with Gasteiger partial charge in [-0.1, -0.05) is 50.6 Å². The van der Waals surface area contributed by atoms with Crippen molar-refractivity contribution in [2.45, 2.75) is 39.2 Å². The number of amides is 1. The average molecular weight is 466 g/mol. The number of carbonyl (C=O) groups is 2. The van der Waals surface area contributed by atoms with Crippen LogP contribution in [-0.4, -0.2) is 38.4 Å². The summed E-state index contributed by atoms with van der Waals surface area (Å²) in [6.45, 7) is 4.00. The Kier molecular flexibility index (Phi) is 6.23. The minimum Gasteiger partial charge on any atom is -0.342 e. The van der Waals surface area contributed by atoms with Crippen molar-refractivity contribution in [1.29, 1.82) is 0 Å². The number of hydrogen-bond donors (Lipinski definition) is 2. The number of allylic oxidation sites excluding steroid dienone is 1. The number of aliphatic imine (C=N–C) groups is 1. The van der Waals surface area contributed by atoms with Crippen LogP contribution >= 0.6 is 0 Å². The number of Topliss-reactive ketones (excluding diaryl/α,β-unsaturated/α-hetero) is 1. The smallest absolute Gasteiger partial charge is 0.251 e. The van der Waals surface area contributed by atoms with Gasteiger partial charge in [-0.05, 0) is 35.6 Å². The number of carbonyl (C=O) groups excluding carboxylic acids is 2. The number of hydrogen-bond acceptors (Lipinski definition) is 5. The van der Waals surface area contributed by atoms with Crippen LogP contribution in [-0.2, 0) is 4.79 Å². The molecule has 176 valence electrons. The molecule has 0 fully saturated rings. The van der Waals surface area contributed by atoms with Crippen molar-refractivity contribution in [2.75, 3.05) is 0 Å². The number of H-pyrrole nitrogens is 1. The molecule has 2 aromatic carbocycles. The number of nitrogens with one attached hydrogen (secondary N) is 2. The normalized spacial score (nSPS) is 14.7. The van der Waals surface area contributed by atoms with E-state index < -0.39 is 6.04 Å². The van der Waals surface area contributed by atoms with Crippen LogP contribution in [0.25, 0.3) is 33.3 Å². The zero-order valence-corrected chi connectivity index (χ0v) is 19.8.